The van der Waals surface area contributed by atoms with Crippen LogP contribution in [-0.2, 0) is 24.1 Å². The summed E-state index contributed by atoms with van der Waals surface area (Å²) in [4.78, 5) is 61.5. The van der Waals surface area contributed by atoms with Crippen molar-refractivity contribution in [2.24, 2.45) is 4.99 Å². The van der Waals surface area contributed by atoms with Gasteiger partial charge in [-0.25, -0.2) is 4.79 Å². The van der Waals surface area contributed by atoms with Gasteiger partial charge in [-0.15, -0.1) is 0 Å². The Morgan fingerprint density at radius 3 is 1.42 bits per heavy atom. The predicted octanol–water partition coefficient (Wildman–Crippen LogP) is 14.2. The summed E-state index contributed by atoms with van der Waals surface area (Å²) in [6, 6.07) is 16.2. The molecule has 0 saturated carbocycles. The lowest BCUT2D eigenvalue weighted by molar-refractivity contribution is -0.196. The highest BCUT2D eigenvalue weighted by molar-refractivity contribution is 6.27. The first-order valence-electron chi connectivity index (χ1n) is 24.3. The van der Waals surface area contributed by atoms with E-state index in [1.165, 1.54) is 104 Å². The molecular weight excluding hydrogens is 773 g/mol. The summed E-state index contributed by atoms with van der Waals surface area (Å²) in [5.41, 5.74) is 5.55. The number of ketones is 2. The number of hydrogen-bond acceptors (Lipinski definition) is 7. The van der Waals surface area contributed by atoms with E-state index in [9.17, 15) is 4.79 Å². The summed E-state index contributed by atoms with van der Waals surface area (Å²) in [6.45, 7) is 13.5. The fourth-order valence-electron chi connectivity index (χ4n) is 8.64. The molecule has 0 radical (unpaired) electrons. The zero-order valence-corrected chi connectivity index (χ0v) is 40.1. The number of aliphatic imine (C=N–C) groups is 1. The minimum Gasteiger partial charge on any atom is -0.453 e. The van der Waals surface area contributed by atoms with Gasteiger partial charge in [-0.1, -0.05) is 203 Å². The van der Waals surface area contributed by atoms with E-state index >= 15 is 9.59 Å². The van der Waals surface area contributed by atoms with Gasteiger partial charge < -0.3 is 14.5 Å². The predicted molar refractivity (Wildman–Crippen MR) is 256 cm³/mol. The zero-order valence-electron chi connectivity index (χ0n) is 40.1. The number of benzene rings is 2. The number of Topliss-reactive ketones (excluding diaryl/α,β-unsaturated/α-hetero) is 2. The molecule has 3 rings (SSSR count). The van der Waals surface area contributed by atoms with Crippen LogP contribution in [0.3, 0.4) is 0 Å². The SMILES string of the molecule is CCCCCCCCCCCCN=C(CC1=C(C(C)c2ccc(C)cc2)C(=O)C(CN(CCCCCCCCCCCC)C(=O)OC)=C(C(C)c2ccc(C)cc2)C1=O)OOC. The smallest absolute Gasteiger partial charge is 0.409 e. The van der Waals surface area contributed by atoms with Crippen LogP contribution in [0.15, 0.2) is 75.8 Å². The van der Waals surface area contributed by atoms with Crippen molar-refractivity contribution < 1.29 is 28.9 Å². The summed E-state index contributed by atoms with van der Waals surface area (Å²) in [6.07, 6.45) is 23.4. The molecule has 344 valence electrons. The van der Waals surface area contributed by atoms with Crippen molar-refractivity contribution in [2.75, 3.05) is 33.9 Å². The Morgan fingerprint density at radius 2 is 0.984 bits per heavy atom. The number of nitrogens with zero attached hydrogens (tertiary/aromatic N) is 2. The summed E-state index contributed by atoms with van der Waals surface area (Å²) < 4.78 is 5.31. The molecule has 62 heavy (non-hydrogen) atoms. The van der Waals surface area contributed by atoms with E-state index in [1.807, 2.05) is 76.2 Å². The number of hydrogen-bond donors (Lipinski definition) is 0. The first kappa shape index (κ1) is 52.3. The van der Waals surface area contributed by atoms with Gasteiger partial charge in [0.2, 0.25) is 5.90 Å². The van der Waals surface area contributed by atoms with Crippen molar-refractivity contribution in [3.8, 4) is 0 Å². The maximum absolute atomic E-state index is 15.4. The largest absolute Gasteiger partial charge is 0.453 e. The molecule has 0 N–H and O–H groups in total. The number of aryl methyl sites for hydroxylation is 2. The molecule has 0 spiro atoms. The highest BCUT2D eigenvalue weighted by atomic mass is 17.2. The van der Waals surface area contributed by atoms with E-state index in [2.05, 4.69) is 13.8 Å². The Morgan fingerprint density at radius 1 is 0.581 bits per heavy atom. The molecule has 2 atom stereocenters. The van der Waals surface area contributed by atoms with Crippen LogP contribution in [-0.4, -0.2) is 62.3 Å². The standard InChI is InChI=1S/C54H82N2O6/c1-9-11-13-15-17-19-21-23-25-27-37-55-49(62-61-8)39-47-50(43(5)45-33-29-41(3)30-34-45)53(58)48(51(52(47)57)44(6)46-35-31-42(4)32-36-46)40-56(54(59)60-7)38-28-26-24-22-20-18-16-14-12-10-2/h29-36,43-44H,9-28,37-40H2,1-8H3. The summed E-state index contributed by atoms with van der Waals surface area (Å²) >= 11 is 0. The van der Waals surface area contributed by atoms with E-state index in [1.54, 1.807) is 4.90 Å². The molecule has 2 aromatic rings. The molecule has 2 aromatic carbocycles. The monoisotopic (exact) mass is 855 g/mol. The number of ether oxygens (including phenoxy) is 1. The lowest BCUT2D eigenvalue weighted by Gasteiger charge is -2.32. The third kappa shape index (κ3) is 17.6. The quantitative estimate of drug-likeness (QED) is 0.0187. The average Bonchev–Trinajstić information content (AvgIpc) is 3.27. The Bertz CT molecular complexity index is 1720. The number of methoxy groups -OCH3 is 1. The lowest BCUT2D eigenvalue weighted by atomic mass is 9.72. The Hall–Kier alpha value is -4.04. The maximum Gasteiger partial charge on any atom is 0.409 e. The van der Waals surface area contributed by atoms with Gasteiger partial charge in [0.1, 0.15) is 0 Å². The second-order valence-electron chi connectivity index (χ2n) is 17.7. The summed E-state index contributed by atoms with van der Waals surface area (Å²) in [5.74, 6) is -1.04. The van der Waals surface area contributed by atoms with Crippen molar-refractivity contribution in [3.63, 3.8) is 0 Å². The van der Waals surface area contributed by atoms with Crippen molar-refractivity contribution in [1.29, 1.82) is 0 Å². The van der Waals surface area contributed by atoms with E-state index in [4.69, 9.17) is 19.5 Å². The molecule has 0 saturated heterocycles. The van der Waals surface area contributed by atoms with Crippen LogP contribution in [0, 0.1) is 13.8 Å². The fraction of sp³-hybridized carbons (Fsp3) is 0.630. The van der Waals surface area contributed by atoms with Crippen LogP contribution >= 0.6 is 0 Å². The minimum absolute atomic E-state index is 0.0123. The van der Waals surface area contributed by atoms with Crippen LogP contribution in [0.2, 0.25) is 0 Å². The first-order valence-corrected chi connectivity index (χ1v) is 24.3. The van der Waals surface area contributed by atoms with E-state index in [-0.39, 0.29) is 30.4 Å². The number of unbranched alkanes of at least 4 members (excludes halogenated alkanes) is 18. The molecule has 8 heteroatoms. The molecule has 2 unspecified atom stereocenters. The Balaban J connectivity index is 1.97. The lowest BCUT2D eigenvalue weighted by Crippen LogP contribution is -2.39. The maximum atomic E-state index is 15.4. The third-order valence-corrected chi connectivity index (χ3v) is 12.6. The fourth-order valence-corrected chi connectivity index (χ4v) is 8.64. The van der Waals surface area contributed by atoms with E-state index in [0.29, 0.717) is 35.4 Å². The molecule has 0 fully saturated rings. The topological polar surface area (TPSA) is 94.5 Å². The van der Waals surface area contributed by atoms with Gasteiger partial charge in [-0.2, -0.15) is 4.89 Å². The number of carbonyl (C=O) groups excluding carboxylic acids is 3. The van der Waals surface area contributed by atoms with Crippen LogP contribution in [0.25, 0.3) is 0 Å². The van der Waals surface area contributed by atoms with Crippen LogP contribution in [0.5, 0.6) is 0 Å². The van der Waals surface area contributed by atoms with Crippen molar-refractivity contribution in [1.82, 2.24) is 4.90 Å². The number of allylic oxidation sites excluding steroid dienone is 2. The average molecular weight is 855 g/mol. The second kappa shape index (κ2) is 30.1. The van der Waals surface area contributed by atoms with Gasteiger partial charge in [0.15, 0.2) is 11.6 Å². The highest BCUT2D eigenvalue weighted by Crippen LogP contribution is 2.41. The molecule has 1 amide bonds. The second-order valence-corrected chi connectivity index (χ2v) is 17.7. The molecule has 0 aliphatic heterocycles. The van der Waals surface area contributed by atoms with Crippen molar-refractivity contribution in [2.45, 2.75) is 188 Å². The molecule has 0 aromatic heterocycles. The van der Waals surface area contributed by atoms with Gasteiger partial charge in [-0.3, -0.25) is 14.6 Å². The third-order valence-electron chi connectivity index (χ3n) is 12.6. The van der Waals surface area contributed by atoms with Crippen molar-refractivity contribution in [3.05, 3.63) is 93.1 Å². The summed E-state index contributed by atoms with van der Waals surface area (Å²) in [5, 5.41) is 0. The molecule has 0 heterocycles. The zero-order chi connectivity index (χ0) is 45.1. The van der Waals surface area contributed by atoms with E-state index < -0.39 is 17.9 Å². The molecule has 0 bridgehead atoms. The van der Waals surface area contributed by atoms with Gasteiger partial charge in [0, 0.05) is 47.2 Å². The van der Waals surface area contributed by atoms with Crippen LogP contribution in [0.1, 0.15) is 197 Å². The van der Waals surface area contributed by atoms with Crippen LogP contribution in [0.4, 0.5) is 4.79 Å². The van der Waals surface area contributed by atoms with Gasteiger partial charge in [0.05, 0.1) is 27.2 Å². The number of rotatable bonds is 31. The Kier molecular flexibility index (Phi) is 25.4. The molecule has 8 nitrogen and oxygen atoms in total. The first-order chi connectivity index (χ1) is 30.1. The number of carbonyl (C=O) groups is 3. The normalized spacial score (nSPS) is 14.4. The summed E-state index contributed by atoms with van der Waals surface area (Å²) in [7, 11) is 2.81. The number of amides is 1. The van der Waals surface area contributed by atoms with E-state index in [0.717, 1.165) is 60.8 Å². The molecule has 1 aliphatic rings. The molecule has 1 aliphatic carbocycles. The van der Waals surface area contributed by atoms with Crippen molar-refractivity contribution >= 4 is 23.6 Å². The van der Waals surface area contributed by atoms with Crippen LogP contribution < -0.4 is 0 Å². The van der Waals surface area contributed by atoms with Gasteiger partial charge in [-0.05, 0) is 37.8 Å². The van der Waals surface area contributed by atoms with Gasteiger partial charge >= 0.3 is 6.09 Å². The molecular formula is C54H82N2O6. The highest BCUT2D eigenvalue weighted by Gasteiger charge is 2.40. The Labute approximate surface area is 376 Å². The van der Waals surface area contributed by atoms with Gasteiger partial charge in [0.25, 0.3) is 0 Å². The minimum atomic E-state index is -0.506.